The van der Waals surface area contributed by atoms with E-state index in [1.165, 1.54) is 22.8 Å². The second kappa shape index (κ2) is 8.85. The van der Waals surface area contributed by atoms with Crippen molar-refractivity contribution in [2.24, 2.45) is 5.73 Å². The van der Waals surface area contributed by atoms with Crippen molar-refractivity contribution in [3.63, 3.8) is 0 Å². The molecule has 1 saturated heterocycles. The monoisotopic (exact) mass is 424 g/mol. The van der Waals surface area contributed by atoms with Gasteiger partial charge in [0, 0.05) is 19.1 Å². The van der Waals surface area contributed by atoms with Gasteiger partial charge in [0.1, 0.15) is 5.82 Å². The zero-order chi connectivity index (χ0) is 22.0. The molecule has 2 aromatic carbocycles. The quantitative estimate of drug-likeness (QED) is 0.634. The average molecular weight is 424 g/mol. The van der Waals surface area contributed by atoms with E-state index in [0.717, 1.165) is 12.8 Å². The van der Waals surface area contributed by atoms with Crippen molar-refractivity contribution in [1.29, 1.82) is 0 Å². The normalized spacial score (nSPS) is 16.5. The van der Waals surface area contributed by atoms with Crippen LogP contribution in [-0.2, 0) is 11.3 Å². The number of ether oxygens (including phenoxy) is 1. The highest BCUT2D eigenvalue weighted by Gasteiger charge is 2.24. The summed E-state index contributed by atoms with van der Waals surface area (Å²) in [4.78, 5) is 32.5. The van der Waals surface area contributed by atoms with E-state index >= 15 is 0 Å². The first kappa shape index (κ1) is 21.0. The fraction of sp³-hybridized carbons (Fsp3) is 0.348. The summed E-state index contributed by atoms with van der Waals surface area (Å²) < 4.78 is 20.5. The summed E-state index contributed by atoms with van der Waals surface area (Å²) in [6.45, 7) is 3.38. The molecule has 2 heterocycles. The molecule has 1 fully saturated rings. The van der Waals surface area contributed by atoms with E-state index in [-0.39, 0.29) is 30.1 Å². The molecule has 1 aliphatic heterocycles. The molecule has 0 spiro atoms. The molecule has 162 valence electrons. The van der Waals surface area contributed by atoms with Gasteiger partial charge in [0.2, 0.25) is 5.95 Å². The third kappa shape index (κ3) is 4.29. The Morgan fingerprint density at radius 3 is 2.87 bits per heavy atom. The predicted molar refractivity (Wildman–Crippen MR) is 117 cm³/mol. The Morgan fingerprint density at radius 2 is 2.10 bits per heavy atom. The number of fused-ring (bicyclic) bond motifs is 1. The maximum absolute atomic E-state index is 13.9. The molecular formula is C23H25FN4O3. The molecule has 0 saturated carbocycles. The second-order valence-electron chi connectivity index (χ2n) is 7.69. The van der Waals surface area contributed by atoms with Crippen LogP contribution in [0.25, 0.3) is 10.9 Å². The summed E-state index contributed by atoms with van der Waals surface area (Å²) in [5, 5.41) is 0.193. The van der Waals surface area contributed by atoms with Crippen molar-refractivity contribution in [3.8, 4) is 0 Å². The number of benzene rings is 2. The molecule has 1 atom stereocenters. The van der Waals surface area contributed by atoms with Gasteiger partial charge >= 0.3 is 5.97 Å². The molecule has 4 rings (SSSR count). The van der Waals surface area contributed by atoms with Gasteiger partial charge in [0.15, 0.2) is 0 Å². The predicted octanol–water partition coefficient (Wildman–Crippen LogP) is 2.69. The van der Waals surface area contributed by atoms with Crippen LogP contribution < -0.4 is 16.2 Å². The van der Waals surface area contributed by atoms with E-state index in [0.29, 0.717) is 35.7 Å². The fourth-order valence-corrected chi connectivity index (χ4v) is 3.99. The van der Waals surface area contributed by atoms with Gasteiger partial charge in [-0.2, -0.15) is 0 Å². The van der Waals surface area contributed by atoms with Crippen LogP contribution in [-0.4, -0.2) is 41.3 Å². The summed E-state index contributed by atoms with van der Waals surface area (Å²) in [6, 6.07) is 11.0. The summed E-state index contributed by atoms with van der Waals surface area (Å²) in [5.41, 5.74) is 7.24. The van der Waals surface area contributed by atoms with Gasteiger partial charge in [0.25, 0.3) is 5.56 Å². The molecule has 3 aromatic rings. The third-order valence-corrected chi connectivity index (χ3v) is 5.48. The number of esters is 1. The Bertz CT molecular complexity index is 1180. The van der Waals surface area contributed by atoms with E-state index in [1.54, 1.807) is 31.2 Å². The van der Waals surface area contributed by atoms with Crippen molar-refractivity contribution in [1.82, 2.24) is 9.55 Å². The largest absolute Gasteiger partial charge is 0.462 e. The van der Waals surface area contributed by atoms with Crippen LogP contribution in [0.3, 0.4) is 0 Å². The van der Waals surface area contributed by atoms with E-state index < -0.39 is 11.8 Å². The zero-order valence-electron chi connectivity index (χ0n) is 17.4. The molecule has 0 aliphatic carbocycles. The van der Waals surface area contributed by atoms with Crippen LogP contribution >= 0.6 is 0 Å². The number of hydrogen-bond donors (Lipinski definition) is 1. The molecule has 31 heavy (non-hydrogen) atoms. The first-order valence-electron chi connectivity index (χ1n) is 10.4. The Kier molecular flexibility index (Phi) is 5.99. The summed E-state index contributed by atoms with van der Waals surface area (Å²) in [7, 11) is 0. The molecule has 1 aromatic heterocycles. The van der Waals surface area contributed by atoms with Gasteiger partial charge in [-0.15, -0.1) is 0 Å². The highest BCUT2D eigenvalue weighted by molar-refractivity contribution is 5.91. The van der Waals surface area contributed by atoms with Gasteiger partial charge < -0.3 is 15.4 Å². The number of nitrogens with two attached hydrogens (primary N) is 1. The van der Waals surface area contributed by atoms with Gasteiger partial charge in [-0.3, -0.25) is 9.36 Å². The molecule has 1 unspecified atom stereocenters. The molecule has 0 bridgehead atoms. The Morgan fingerprint density at radius 1 is 1.29 bits per heavy atom. The number of hydrogen-bond acceptors (Lipinski definition) is 6. The van der Waals surface area contributed by atoms with E-state index in [2.05, 4.69) is 0 Å². The summed E-state index contributed by atoms with van der Waals surface area (Å²) in [6.07, 6.45) is 1.79. The SMILES string of the molecule is CCOC(=O)c1ccccc1Cn1c(N2CCCC(N)C2)nc2ccc(F)cc2c1=O. The van der Waals surface area contributed by atoms with Gasteiger partial charge in [-0.1, -0.05) is 18.2 Å². The highest BCUT2D eigenvalue weighted by atomic mass is 19.1. The van der Waals surface area contributed by atoms with E-state index in [4.69, 9.17) is 15.5 Å². The lowest BCUT2D eigenvalue weighted by Gasteiger charge is -2.33. The third-order valence-electron chi connectivity index (χ3n) is 5.48. The van der Waals surface area contributed by atoms with Crippen LogP contribution in [0.2, 0.25) is 0 Å². The van der Waals surface area contributed by atoms with Crippen molar-refractivity contribution < 1.29 is 13.9 Å². The number of aromatic nitrogens is 2. The minimum Gasteiger partial charge on any atom is -0.462 e. The minimum absolute atomic E-state index is 0.0187. The lowest BCUT2D eigenvalue weighted by atomic mass is 10.1. The number of piperidine rings is 1. The maximum atomic E-state index is 13.9. The first-order valence-corrected chi connectivity index (χ1v) is 10.4. The van der Waals surface area contributed by atoms with Crippen molar-refractivity contribution in [2.75, 3.05) is 24.6 Å². The van der Waals surface area contributed by atoms with Crippen molar-refractivity contribution in [3.05, 3.63) is 69.8 Å². The number of rotatable bonds is 5. The Hall–Kier alpha value is -3.26. The minimum atomic E-state index is -0.502. The number of halogens is 1. The topological polar surface area (TPSA) is 90.4 Å². The highest BCUT2D eigenvalue weighted by Crippen LogP contribution is 2.22. The molecular weight excluding hydrogens is 399 g/mol. The van der Waals surface area contributed by atoms with Crippen LogP contribution in [0.5, 0.6) is 0 Å². The number of anilines is 1. The molecule has 1 aliphatic rings. The number of carbonyl (C=O) groups is 1. The fourth-order valence-electron chi connectivity index (χ4n) is 3.99. The van der Waals surface area contributed by atoms with Crippen LogP contribution in [0.1, 0.15) is 35.7 Å². The van der Waals surface area contributed by atoms with Gasteiger partial charge in [-0.05, 0) is 49.6 Å². The number of nitrogens with zero attached hydrogens (tertiary/aromatic N) is 3. The zero-order valence-corrected chi connectivity index (χ0v) is 17.4. The molecule has 0 amide bonds. The standard InChI is InChI=1S/C23H25FN4O3/c1-2-31-22(30)18-8-4-3-6-15(18)13-28-21(29)19-12-16(24)9-10-20(19)26-23(28)27-11-5-7-17(25)14-27/h3-4,6,8-10,12,17H,2,5,7,11,13-14,25H2,1H3. The van der Waals surface area contributed by atoms with Crippen molar-refractivity contribution >= 4 is 22.8 Å². The smallest absolute Gasteiger partial charge is 0.338 e. The molecule has 8 heteroatoms. The van der Waals surface area contributed by atoms with Crippen LogP contribution in [0.15, 0.2) is 47.3 Å². The van der Waals surface area contributed by atoms with Crippen molar-refractivity contribution in [2.45, 2.75) is 32.4 Å². The molecule has 2 N–H and O–H groups in total. The van der Waals surface area contributed by atoms with E-state index in [1.807, 2.05) is 4.90 Å². The van der Waals surface area contributed by atoms with Gasteiger partial charge in [-0.25, -0.2) is 14.2 Å². The summed E-state index contributed by atoms with van der Waals surface area (Å²) in [5.74, 6) is -0.483. The Labute approximate surface area is 179 Å². The van der Waals surface area contributed by atoms with Crippen LogP contribution in [0.4, 0.5) is 10.3 Å². The lowest BCUT2D eigenvalue weighted by Crippen LogP contribution is -2.45. The van der Waals surface area contributed by atoms with Crippen LogP contribution in [0, 0.1) is 5.82 Å². The average Bonchev–Trinajstić information content (AvgIpc) is 2.76. The molecule has 0 radical (unpaired) electrons. The first-order chi connectivity index (χ1) is 15.0. The maximum Gasteiger partial charge on any atom is 0.338 e. The second-order valence-corrected chi connectivity index (χ2v) is 7.69. The number of carbonyl (C=O) groups excluding carboxylic acids is 1. The van der Waals surface area contributed by atoms with Gasteiger partial charge in [0.05, 0.1) is 29.6 Å². The summed E-state index contributed by atoms with van der Waals surface area (Å²) >= 11 is 0. The van der Waals surface area contributed by atoms with E-state index in [9.17, 15) is 14.0 Å². The Balaban J connectivity index is 1.86. The molecule has 7 nitrogen and oxygen atoms in total. The lowest BCUT2D eigenvalue weighted by molar-refractivity contribution is 0.0525.